The number of carbonyl (C=O) groups is 3. The maximum atomic E-state index is 12.7. The van der Waals surface area contributed by atoms with Crippen molar-refractivity contribution >= 4 is 29.2 Å². The Hall–Kier alpha value is -3.30. The van der Waals surface area contributed by atoms with Crippen molar-refractivity contribution in [1.29, 1.82) is 0 Å². The van der Waals surface area contributed by atoms with Crippen LogP contribution in [-0.4, -0.2) is 48.4 Å². The van der Waals surface area contributed by atoms with Crippen LogP contribution in [0.3, 0.4) is 0 Å². The number of hydrazone groups is 1. The van der Waals surface area contributed by atoms with Crippen molar-refractivity contribution in [1.82, 2.24) is 5.12 Å². The first-order chi connectivity index (χ1) is 12.0. The molecule has 10 heteroatoms. The molecule has 2 atom stereocenters. The molecule has 1 saturated heterocycles. The van der Waals surface area contributed by atoms with Crippen molar-refractivity contribution < 1.29 is 23.9 Å². The Kier molecular flexibility index (Phi) is 4.17. The molecule has 3 rings (SSSR count). The van der Waals surface area contributed by atoms with Gasteiger partial charge in [0.2, 0.25) is 5.91 Å². The third-order valence-electron chi connectivity index (χ3n) is 3.91. The Bertz CT molecular complexity index is 775. The van der Waals surface area contributed by atoms with Crippen LogP contribution in [0.5, 0.6) is 5.75 Å². The van der Waals surface area contributed by atoms with Crippen LogP contribution < -0.4 is 9.64 Å². The van der Waals surface area contributed by atoms with Crippen molar-refractivity contribution in [2.24, 2.45) is 16.3 Å². The van der Waals surface area contributed by atoms with E-state index in [1.807, 2.05) is 6.92 Å². The Labute approximate surface area is 141 Å². The second-order valence-corrected chi connectivity index (χ2v) is 5.24. The molecule has 0 aliphatic carbocycles. The standard InChI is InChI=1S/C15H14N4O6/c1-3-25-9-6-4-8(5-7-9)18-13(20)10-11(15(22)24-2)16-19(17-23)12(10)14(18)21/h4-7,10,12H,3H2,1-2H3. The summed E-state index contributed by atoms with van der Waals surface area (Å²) in [5.74, 6) is -2.91. The summed E-state index contributed by atoms with van der Waals surface area (Å²) in [4.78, 5) is 49.0. The van der Waals surface area contributed by atoms with Crippen LogP contribution in [0.25, 0.3) is 0 Å². The molecule has 0 spiro atoms. The van der Waals surface area contributed by atoms with E-state index in [4.69, 9.17) is 4.74 Å². The highest BCUT2D eigenvalue weighted by molar-refractivity contribution is 6.46. The van der Waals surface area contributed by atoms with Crippen LogP contribution in [0, 0.1) is 10.8 Å². The van der Waals surface area contributed by atoms with Crippen molar-refractivity contribution in [3.8, 4) is 5.75 Å². The van der Waals surface area contributed by atoms with Gasteiger partial charge in [-0.3, -0.25) is 9.59 Å². The molecule has 10 nitrogen and oxygen atoms in total. The molecule has 25 heavy (non-hydrogen) atoms. The highest BCUT2D eigenvalue weighted by atomic mass is 16.5. The number of nitroso groups, excluding NO2 is 1. The van der Waals surface area contributed by atoms with Gasteiger partial charge in [-0.1, -0.05) is 0 Å². The van der Waals surface area contributed by atoms with Crippen LogP contribution in [0.1, 0.15) is 6.92 Å². The van der Waals surface area contributed by atoms with E-state index < -0.39 is 29.7 Å². The number of amides is 2. The maximum absolute atomic E-state index is 12.7. The predicted molar refractivity (Wildman–Crippen MR) is 84.5 cm³/mol. The lowest BCUT2D eigenvalue weighted by molar-refractivity contribution is -0.133. The van der Waals surface area contributed by atoms with Gasteiger partial charge in [0.05, 0.1) is 24.7 Å². The number of benzene rings is 1. The molecule has 130 valence electrons. The molecule has 0 radical (unpaired) electrons. The Morgan fingerprint density at radius 2 is 1.92 bits per heavy atom. The summed E-state index contributed by atoms with van der Waals surface area (Å²) in [5.41, 5.74) is -0.0261. The zero-order valence-electron chi connectivity index (χ0n) is 13.4. The molecule has 0 saturated carbocycles. The van der Waals surface area contributed by atoms with Crippen LogP contribution in [0.2, 0.25) is 0 Å². The van der Waals surface area contributed by atoms with Gasteiger partial charge < -0.3 is 9.47 Å². The average Bonchev–Trinajstić information content (AvgIpc) is 3.13. The number of rotatable bonds is 5. The summed E-state index contributed by atoms with van der Waals surface area (Å²) in [6, 6.07) is 5.01. The number of nitrogens with zero attached hydrogens (tertiary/aromatic N) is 4. The maximum Gasteiger partial charge on any atom is 0.355 e. The minimum Gasteiger partial charge on any atom is -0.494 e. The number of imide groups is 1. The van der Waals surface area contributed by atoms with Gasteiger partial charge >= 0.3 is 5.97 Å². The van der Waals surface area contributed by atoms with Crippen LogP contribution in [0.15, 0.2) is 34.7 Å². The SMILES string of the molecule is CCOc1ccc(N2C(=O)C3C(C(=O)OC)=NN(N=O)C3C2=O)cc1. The van der Waals surface area contributed by atoms with E-state index in [0.717, 1.165) is 12.0 Å². The fraction of sp³-hybridized carbons (Fsp3) is 0.333. The van der Waals surface area contributed by atoms with Gasteiger partial charge in [0.15, 0.2) is 11.8 Å². The zero-order valence-corrected chi connectivity index (χ0v) is 13.4. The summed E-state index contributed by atoms with van der Waals surface area (Å²) < 4.78 is 9.88. The van der Waals surface area contributed by atoms with Gasteiger partial charge in [-0.2, -0.15) is 0 Å². The third-order valence-corrected chi connectivity index (χ3v) is 3.91. The molecule has 2 heterocycles. The van der Waals surface area contributed by atoms with Crippen molar-refractivity contribution in [3.63, 3.8) is 0 Å². The number of hydrogen-bond donors (Lipinski definition) is 0. The summed E-state index contributed by atoms with van der Waals surface area (Å²) in [5, 5.41) is 6.79. The molecule has 1 aromatic carbocycles. The number of esters is 1. The van der Waals surface area contributed by atoms with Gasteiger partial charge in [-0.15, -0.1) is 15.1 Å². The first-order valence-electron chi connectivity index (χ1n) is 7.43. The normalized spacial score (nSPS) is 21.9. The highest BCUT2D eigenvalue weighted by Crippen LogP contribution is 2.35. The molecule has 2 aliphatic rings. The van der Waals surface area contributed by atoms with Gasteiger partial charge in [0.1, 0.15) is 11.7 Å². The molecule has 0 N–H and O–H groups in total. The van der Waals surface area contributed by atoms with Crippen molar-refractivity contribution in [2.75, 3.05) is 18.6 Å². The monoisotopic (exact) mass is 346 g/mol. The fourth-order valence-corrected chi connectivity index (χ4v) is 2.84. The minimum atomic E-state index is -1.29. The smallest absolute Gasteiger partial charge is 0.355 e. The van der Waals surface area contributed by atoms with E-state index in [9.17, 15) is 19.3 Å². The Morgan fingerprint density at radius 3 is 2.48 bits per heavy atom. The number of methoxy groups -OCH3 is 1. The van der Waals surface area contributed by atoms with Crippen LogP contribution in [-0.2, 0) is 19.1 Å². The lowest BCUT2D eigenvalue weighted by Crippen LogP contribution is -2.36. The summed E-state index contributed by atoms with van der Waals surface area (Å²) in [7, 11) is 1.11. The van der Waals surface area contributed by atoms with E-state index in [2.05, 4.69) is 15.1 Å². The quantitative estimate of drug-likeness (QED) is 0.432. The molecule has 1 aromatic rings. The second-order valence-electron chi connectivity index (χ2n) is 5.24. The average molecular weight is 346 g/mol. The van der Waals surface area contributed by atoms with E-state index in [1.54, 1.807) is 12.1 Å². The van der Waals surface area contributed by atoms with Gasteiger partial charge in [0.25, 0.3) is 5.91 Å². The third kappa shape index (κ3) is 2.51. The van der Waals surface area contributed by atoms with Gasteiger partial charge in [0, 0.05) is 0 Å². The molecule has 0 aromatic heterocycles. The molecule has 0 bridgehead atoms. The first kappa shape index (κ1) is 16.6. The molecular formula is C15H14N4O6. The van der Waals surface area contributed by atoms with E-state index in [-0.39, 0.29) is 5.71 Å². The lowest BCUT2D eigenvalue weighted by Gasteiger charge is -2.17. The molecule has 2 unspecified atom stereocenters. The van der Waals surface area contributed by atoms with Gasteiger partial charge in [-0.25, -0.2) is 9.69 Å². The summed E-state index contributed by atoms with van der Waals surface area (Å²) in [6.07, 6.45) is 0. The van der Waals surface area contributed by atoms with Crippen molar-refractivity contribution in [2.45, 2.75) is 13.0 Å². The largest absolute Gasteiger partial charge is 0.494 e. The van der Waals surface area contributed by atoms with E-state index >= 15 is 0 Å². The fourth-order valence-electron chi connectivity index (χ4n) is 2.84. The number of ether oxygens (including phenoxy) is 2. The number of hydrogen-bond acceptors (Lipinski definition) is 8. The molecule has 2 amide bonds. The molecule has 1 fully saturated rings. The molecular weight excluding hydrogens is 332 g/mol. The van der Waals surface area contributed by atoms with Gasteiger partial charge in [-0.05, 0) is 31.2 Å². The van der Waals surface area contributed by atoms with Crippen molar-refractivity contribution in [3.05, 3.63) is 29.2 Å². The number of fused-ring (bicyclic) bond motifs is 1. The Balaban J connectivity index is 1.96. The van der Waals surface area contributed by atoms with E-state index in [1.165, 1.54) is 12.1 Å². The Morgan fingerprint density at radius 1 is 1.24 bits per heavy atom. The first-order valence-corrected chi connectivity index (χ1v) is 7.43. The highest BCUT2D eigenvalue weighted by Gasteiger charge is 2.59. The van der Waals surface area contributed by atoms with Crippen LogP contribution >= 0.6 is 0 Å². The zero-order chi connectivity index (χ0) is 18.1. The lowest BCUT2D eigenvalue weighted by atomic mass is 9.98. The minimum absolute atomic E-state index is 0.294. The molecule has 2 aliphatic heterocycles. The van der Waals surface area contributed by atoms with Crippen LogP contribution in [0.4, 0.5) is 5.69 Å². The van der Waals surface area contributed by atoms with E-state index in [0.29, 0.717) is 23.2 Å². The summed E-state index contributed by atoms with van der Waals surface area (Å²) in [6.45, 7) is 2.31. The second kappa shape index (κ2) is 6.30. The number of anilines is 1. The summed E-state index contributed by atoms with van der Waals surface area (Å²) >= 11 is 0. The number of carbonyl (C=O) groups excluding carboxylic acids is 3. The topological polar surface area (TPSA) is 118 Å². The predicted octanol–water partition coefficient (Wildman–Crippen LogP) is 0.469.